The number of amides is 1. The van der Waals surface area contributed by atoms with Gasteiger partial charge in [0.1, 0.15) is 5.69 Å². The third-order valence-corrected chi connectivity index (χ3v) is 8.20. The first-order valence-corrected chi connectivity index (χ1v) is 12.9. The van der Waals surface area contributed by atoms with Gasteiger partial charge in [-0.05, 0) is 55.4 Å². The molecule has 2 fully saturated rings. The molecule has 1 amide bonds. The predicted molar refractivity (Wildman–Crippen MR) is 140 cm³/mol. The lowest BCUT2D eigenvalue weighted by Crippen LogP contribution is -2.57. The number of carbonyl (C=O) groups is 2. The van der Waals surface area contributed by atoms with Gasteiger partial charge >= 0.3 is 5.91 Å². The van der Waals surface area contributed by atoms with E-state index in [2.05, 4.69) is 65.3 Å². The van der Waals surface area contributed by atoms with Crippen LogP contribution in [0.3, 0.4) is 0 Å². The number of quaternary nitrogens is 1. The Labute approximate surface area is 204 Å². The summed E-state index contributed by atoms with van der Waals surface area (Å²) in [6.07, 6.45) is 4.95. The summed E-state index contributed by atoms with van der Waals surface area (Å²) in [5.74, 6) is 0.0916. The first kappa shape index (κ1) is 24.6. The van der Waals surface area contributed by atoms with Crippen molar-refractivity contribution < 1.29 is 9.59 Å². The summed E-state index contributed by atoms with van der Waals surface area (Å²) in [5.41, 5.74) is 3.48. The molecule has 5 nitrogen and oxygen atoms in total. The summed E-state index contributed by atoms with van der Waals surface area (Å²) >= 11 is 0. The number of nitrogens with zero attached hydrogens (tertiary/aromatic N) is 3. The van der Waals surface area contributed by atoms with E-state index in [1.165, 1.54) is 24.1 Å². The van der Waals surface area contributed by atoms with E-state index < -0.39 is 0 Å². The molecule has 0 radical (unpaired) electrons. The smallest absolute Gasteiger partial charge is 0.369 e. The van der Waals surface area contributed by atoms with Gasteiger partial charge in [0.25, 0.3) is 5.78 Å². The lowest BCUT2D eigenvalue weighted by molar-refractivity contribution is -0.142. The standard InChI is InChI=1S/C29H40N3O2/c1-5-27(33)28(34)32(3,4)26-13-9-10-24(22-26)29(16-14-23(2)15-17-29)31-20-18-30(19-21-31)25-11-7-6-8-12-25/h6-13,22-23H,5,14-21H2,1-4H3/q+1/t23-,29-. The minimum atomic E-state index is -0.345. The number of piperazine rings is 1. The minimum absolute atomic E-state index is 0.0108. The molecule has 182 valence electrons. The van der Waals surface area contributed by atoms with Gasteiger partial charge < -0.3 is 4.90 Å². The number of anilines is 1. The average molecular weight is 463 g/mol. The SMILES string of the molecule is CCC(=O)C(=O)[N+](C)(C)c1cccc([C@]2(N3CCN(c4ccccc4)CC3)CC[C@H](C)CC2)c1. The van der Waals surface area contributed by atoms with Crippen LogP contribution in [-0.4, -0.2) is 56.9 Å². The molecule has 5 heteroatoms. The number of carbonyl (C=O) groups excluding carboxylic acids is 2. The molecule has 0 aromatic heterocycles. The highest BCUT2D eigenvalue weighted by molar-refractivity contribution is 6.38. The number of ketones is 1. The maximum absolute atomic E-state index is 12.9. The molecule has 0 N–H and O–H groups in total. The van der Waals surface area contributed by atoms with Gasteiger partial charge in [-0.25, -0.2) is 9.28 Å². The van der Waals surface area contributed by atoms with Gasteiger partial charge in [-0.1, -0.05) is 44.2 Å². The summed E-state index contributed by atoms with van der Waals surface area (Å²) in [6, 6.07) is 19.2. The van der Waals surface area contributed by atoms with Crippen molar-refractivity contribution in [3.8, 4) is 0 Å². The fourth-order valence-electron chi connectivity index (χ4n) is 5.78. The summed E-state index contributed by atoms with van der Waals surface area (Å²) in [5, 5.41) is 0. The molecule has 1 aliphatic carbocycles. The van der Waals surface area contributed by atoms with Crippen molar-refractivity contribution in [3.05, 3.63) is 60.2 Å². The van der Waals surface area contributed by atoms with Crippen molar-refractivity contribution >= 4 is 23.1 Å². The molecule has 1 saturated heterocycles. The molecule has 2 aromatic rings. The fraction of sp³-hybridized carbons (Fsp3) is 0.517. The molecule has 0 unspecified atom stereocenters. The van der Waals surface area contributed by atoms with Gasteiger partial charge in [0.2, 0.25) is 0 Å². The molecule has 34 heavy (non-hydrogen) atoms. The molecule has 1 heterocycles. The van der Waals surface area contributed by atoms with Crippen LogP contribution < -0.4 is 9.38 Å². The number of likely N-dealkylation sites (N-methyl/N-ethyl adjacent to an activating group) is 1. The highest BCUT2D eigenvalue weighted by Crippen LogP contribution is 2.45. The Hall–Kier alpha value is -2.50. The van der Waals surface area contributed by atoms with Crippen LogP contribution in [0.25, 0.3) is 0 Å². The first-order chi connectivity index (χ1) is 16.3. The van der Waals surface area contributed by atoms with Crippen molar-refractivity contribution in [1.29, 1.82) is 0 Å². The number of rotatable bonds is 6. The van der Waals surface area contributed by atoms with Gasteiger partial charge in [0, 0.05) is 49.9 Å². The quantitative estimate of drug-likeness (QED) is 0.448. The van der Waals surface area contributed by atoms with Gasteiger partial charge in [-0.15, -0.1) is 0 Å². The number of para-hydroxylation sites is 1. The number of hydrogen-bond acceptors (Lipinski definition) is 4. The Bertz CT molecular complexity index is 1000. The second kappa shape index (κ2) is 10.0. The fourth-order valence-corrected chi connectivity index (χ4v) is 5.78. The maximum atomic E-state index is 12.9. The Morgan fingerprint density at radius 2 is 1.59 bits per heavy atom. The topological polar surface area (TPSA) is 40.6 Å². The maximum Gasteiger partial charge on any atom is 0.386 e. The highest BCUT2D eigenvalue weighted by Gasteiger charge is 2.43. The van der Waals surface area contributed by atoms with Crippen LogP contribution in [-0.2, 0) is 15.1 Å². The van der Waals surface area contributed by atoms with E-state index in [-0.39, 0.29) is 28.1 Å². The van der Waals surface area contributed by atoms with E-state index in [0.29, 0.717) is 0 Å². The van der Waals surface area contributed by atoms with E-state index in [1.54, 1.807) is 6.92 Å². The van der Waals surface area contributed by atoms with Crippen LogP contribution >= 0.6 is 0 Å². The Kier molecular flexibility index (Phi) is 7.25. The molecule has 1 saturated carbocycles. The molecule has 4 rings (SSSR count). The van der Waals surface area contributed by atoms with Gasteiger partial charge in [0.15, 0.2) is 0 Å². The summed E-state index contributed by atoms with van der Waals surface area (Å²) < 4.78 is -0.0330. The van der Waals surface area contributed by atoms with Crippen LogP contribution in [0.15, 0.2) is 54.6 Å². The summed E-state index contributed by atoms with van der Waals surface area (Å²) in [7, 11) is 3.67. The van der Waals surface area contributed by atoms with E-state index in [0.717, 1.165) is 50.6 Å². The summed E-state index contributed by atoms with van der Waals surface area (Å²) in [6.45, 7) is 8.21. The predicted octanol–water partition coefficient (Wildman–Crippen LogP) is 4.99. The van der Waals surface area contributed by atoms with Crippen molar-refractivity contribution in [1.82, 2.24) is 9.38 Å². The Morgan fingerprint density at radius 3 is 2.21 bits per heavy atom. The third-order valence-electron chi connectivity index (χ3n) is 8.20. The van der Waals surface area contributed by atoms with E-state index in [9.17, 15) is 9.59 Å². The first-order valence-electron chi connectivity index (χ1n) is 12.9. The minimum Gasteiger partial charge on any atom is -0.369 e. The average Bonchev–Trinajstić information content (AvgIpc) is 2.89. The molecule has 0 atom stereocenters. The van der Waals surface area contributed by atoms with Crippen LogP contribution in [0.4, 0.5) is 11.4 Å². The second-order valence-corrected chi connectivity index (χ2v) is 10.6. The Balaban J connectivity index is 1.63. The van der Waals surface area contributed by atoms with E-state index >= 15 is 0 Å². The van der Waals surface area contributed by atoms with Crippen molar-refractivity contribution in [2.75, 3.05) is 45.2 Å². The lowest BCUT2D eigenvalue weighted by atomic mass is 9.71. The molecule has 1 aliphatic heterocycles. The number of Topliss-reactive ketones (excluding diaryl/α,β-unsaturated/α-hetero) is 1. The zero-order chi connectivity index (χ0) is 24.3. The van der Waals surface area contributed by atoms with Crippen LogP contribution in [0.2, 0.25) is 0 Å². The lowest BCUT2D eigenvalue weighted by Gasteiger charge is -2.51. The molecule has 2 aliphatic rings. The normalized spacial score (nSPS) is 24.1. The number of hydrogen-bond donors (Lipinski definition) is 0. The zero-order valence-electron chi connectivity index (χ0n) is 21.3. The van der Waals surface area contributed by atoms with Gasteiger partial charge in [-0.3, -0.25) is 9.69 Å². The molecule has 2 aromatic carbocycles. The molecule has 0 spiro atoms. The third kappa shape index (κ3) is 4.69. The Morgan fingerprint density at radius 1 is 0.941 bits per heavy atom. The monoisotopic (exact) mass is 462 g/mol. The summed E-state index contributed by atoms with van der Waals surface area (Å²) in [4.78, 5) is 30.3. The zero-order valence-corrected chi connectivity index (χ0v) is 21.3. The highest BCUT2D eigenvalue weighted by atomic mass is 16.2. The van der Waals surface area contributed by atoms with Crippen LogP contribution in [0.5, 0.6) is 0 Å². The van der Waals surface area contributed by atoms with Crippen LogP contribution in [0, 0.1) is 5.92 Å². The molecular weight excluding hydrogens is 422 g/mol. The van der Waals surface area contributed by atoms with Gasteiger partial charge in [0.05, 0.1) is 14.1 Å². The number of benzene rings is 2. The van der Waals surface area contributed by atoms with E-state index in [4.69, 9.17) is 0 Å². The second-order valence-electron chi connectivity index (χ2n) is 10.6. The van der Waals surface area contributed by atoms with Crippen molar-refractivity contribution in [2.24, 2.45) is 5.92 Å². The van der Waals surface area contributed by atoms with E-state index in [1.807, 2.05) is 20.2 Å². The van der Waals surface area contributed by atoms with Crippen molar-refractivity contribution in [3.63, 3.8) is 0 Å². The van der Waals surface area contributed by atoms with Crippen molar-refractivity contribution in [2.45, 2.75) is 51.5 Å². The van der Waals surface area contributed by atoms with Crippen LogP contribution in [0.1, 0.15) is 51.5 Å². The molecular formula is C29H40N3O2+. The largest absolute Gasteiger partial charge is 0.386 e. The molecule has 0 bridgehead atoms. The van der Waals surface area contributed by atoms with Gasteiger partial charge in [-0.2, -0.15) is 0 Å².